The van der Waals surface area contributed by atoms with Gasteiger partial charge in [0.05, 0.1) is 5.75 Å². The second-order valence-corrected chi connectivity index (χ2v) is 6.75. The summed E-state index contributed by atoms with van der Waals surface area (Å²) in [6, 6.07) is 0.289. The zero-order valence-electron chi connectivity index (χ0n) is 10.9. The third kappa shape index (κ3) is 5.82. The van der Waals surface area contributed by atoms with Crippen molar-refractivity contribution in [2.75, 3.05) is 32.1 Å². The molecular weight excluding hydrogens is 224 g/mol. The maximum absolute atomic E-state index is 11.1. The molecule has 4 nitrogen and oxygen atoms in total. The molecule has 0 spiro atoms. The van der Waals surface area contributed by atoms with Crippen molar-refractivity contribution in [3.8, 4) is 0 Å². The fraction of sp³-hybridized carbons (Fsp3) is 1.00. The summed E-state index contributed by atoms with van der Waals surface area (Å²) in [4.78, 5) is 2.08. The van der Waals surface area contributed by atoms with Gasteiger partial charge >= 0.3 is 0 Å². The monoisotopic (exact) mass is 250 g/mol. The number of hydrogen-bond acceptors (Lipinski definition) is 4. The lowest BCUT2D eigenvalue weighted by Crippen LogP contribution is -2.44. The number of rotatable bonds is 8. The van der Waals surface area contributed by atoms with Gasteiger partial charge in [-0.25, -0.2) is 8.42 Å². The van der Waals surface area contributed by atoms with Crippen LogP contribution in [0.4, 0.5) is 0 Å². The fourth-order valence-electron chi connectivity index (χ4n) is 2.04. The minimum absolute atomic E-state index is 0.208. The minimum atomic E-state index is -2.88. The summed E-state index contributed by atoms with van der Waals surface area (Å²) in [6.07, 6.45) is 3.44. The second kappa shape index (κ2) is 7.25. The Bertz CT molecular complexity index is 274. The maximum atomic E-state index is 11.1. The SMILES string of the molecule is CCC(CC)C(CN)N(C)CCS(C)(=O)=O. The molecular formula is C11H26N2O2S. The van der Waals surface area contributed by atoms with E-state index < -0.39 is 9.84 Å². The molecule has 0 radical (unpaired) electrons. The largest absolute Gasteiger partial charge is 0.329 e. The average molecular weight is 250 g/mol. The first-order valence-electron chi connectivity index (χ1n) is 5.93. The van der Waals surface area contributed by atoms with Gasteiger partial charge in [0.25, 0.3) is 0 Å². The second-order valence-electron chi connectivity index (χ2n) is 4.49. The quantitative estimate of drug-likeness (QED) is 0.690. The Kier molecular flexibility index (Phi) is 7.19. The van der Waals surface area contributed by atoms with Crippen LogP contribution in [0.15, 0.2) is 0 Å². The topological polar surface area (TPSA) is 63.4 Å². The van der Waals surface area contributed by atoms with E-state index in [1.807, 2.05) is 7.05 Å². The van der Waals surface area contributed by atoms with Crippen molar-refractivity contribution in [1.29, 1.82) is 0 Å². The van der Waals surface area contributed by atoms with Gasteiger partial charge in [-0.3, -0.25) is 0 Å². The van der Waals surface area contributed by atoms with Crippen molar-refractivity contribution in [2.45, 2.75) is 32.7 Å². The highest BCUT2D eigenvalue weighted by atomic mass is 32.2. The van der Waals surface area contributed by atoms with Crippen LogP contribution in [0.25, 0.3) is 0 Å². The molecule has 0 fully saturated rings. The molecule has 0 aliphatic heterocycles. The van der Waals surface area contributed by atoms with Gasteiger partial charge in [-0.15, -0.1) is 0 Å². The Hall–Kier alpha value is -0.130. The highest BCUT2D eigenvalue weighted by Gasteiger charge is 2.21. The Balaban J connectivity index is 4.35. The molecule has 2 N–H and O–H groups in total. The van der Waals surface area contributed by atoms with E-state index in [2.05, 4.69) is 18.7 Å². The van der Waals surface area contributed by atoms with E-state index in [0.29, 0.717) is 19.0 Å². The van der Waals surface area contributed by atoms with E-state index in [4.69, 9.17) is 5.73 Å². The van der Waals surface area contributed by atoms with Crippen molar-refractivity contribution >= 4 is 9.84 Å². The van der Waals surface area contributed by atoms with Crippen LogP contribution in [-0.2, 0) is 9.84 Å². The van der Waals surface area contributed by atoms with E-state index >= 15 is 0 Å². The zero-order valence-corrected chi connectivity index (χ0v) is 11.8. The van der Waals surface area contributed by atoms with Gasteiger partial charge in [-0.2, -0.15) is 0 Å². The van der Waals surface area contributed by atoms with Crippen LogP contribution in [0, 0.1) is 5.92 Å². The standard InChI is InChI=1S/C11H26N2O2S/c1-5-10(6-2)11(9-12)13(3)7-8-16(4,14)15/h10-11H,5-9,12H2,1-4H3. The van der Waals surface area contributed by atoms with E-state index in [1.54, 1.807) is 0 Å². The first-order valence-corrected chi connectivity index (χ1v) is 7.99. The van der Waals surface area contributed by atoms with Gasteiger partial charge in [-0.1, -0.05) is 26.7 Å². The highest BCUT2D eigenvalue weighted by Crippen LogP contribution is 2.16. The highest BCUT2D eigenvalue weighted by molar-refractivity contribution is 7.90. The summed E-state index contributed by atoms with van der Waals surface area (Å²) in [5.41, 5.74) is 5.77. The Morgan fingerprint density at radius 2 is 1.75 bits per heavy atom. The van der Waals surface area contributed by atoms with E-state index in [9.17, 15) is 8.42 Å². The van der Waals surface area contributed by atoms with Crippen molar-refractivity contribution in [3.05, 3.63) is 0 Å². The molecule has 5 heteroatoms. The summed E-state index contributed by atoms with van der Waals surface area (Å²) in [6.45, 7) is 5.46. The zero-order chi connectivity index (χ0) is 12.8. The molecule has 0 aromatic rings. The number of nitrogens with two attached hydrogens (primary N) is 1. The van der Waals surface area contributed by atoms with Crippen LogP contribution in [0.5, 0.6) is 0 Å². The van der Waals surface area contributed by atoms with Gasteiger partial charge < -0.3 is 10.6 Å². The maximum Gasteiger partial charge on any atom is 0.148 e. The summed E-state index contributed by atoms with van der Waals surface area (Å²) < 4.78 is 22.2. The first-order chi connectivity index (χ1) is 7.35. The normalized spacial score (nSPS) is 14.7. The molecule has 0 aromatic heterocycles. The van der Waals surface area contributed by atoms with Crippen molar-refractivity contribution in [3.63, 3.8) is 0 Å². The molecule has 1 unspecified atom stereocenters. The Morgan fingerprint density at radius 3 is 2.06 bits per heavy atom. The lowest BCUT2D eigenvalue weighted by molar-refractivity contribution is 0.180. The van der Waals surface area contributed by atoms with E-state index in [1.165, 1.54) is 6.26 Å². The van der Waals surface area contributed by atoms with Crippen LogP contribution < -0.4 is 5.73 Å². The Labute approximate surface area is 100 Å². The smallest absolute Gasteiger partial charge is 0.148 e. The number of likely N-dealkylation sites (N-methyl/N-ethyl adjacent to an activating group) is 1. The summed E-state index contributed by atoms with van der Waals surface area (Å²) in [5, 5.41) is 0. The molecule has 0 amide bonds. The Morgan fingerprint density at radius 1 is 1.25 bits per heavy atom. The molecule has 0 bridgehead atoms. The van der Waals surface area contributed by atoms with Gasteiger partial charge in [0, 0.05) is 25.4 Å². The van der Waals surface area contributed by atoms with Crippen LogP contribution in [-0.4, -0.2) is 51.5 Å². The molecule has 0 saturated carbocycles. The summed E-state index contributed by atoms with van der Waals surface area (Å²) in [5.74, 6) is 0.759. The van der Waals surface area contributed by atoms with Crippen LogP contribution in [0.3, 0.4) is 0 Å². The average Bonchev–Trinajstić information content (AvgIpc) is 2.21. The fourth-order valence-corrected chi connectivity index (χ4v) is 2.66. The van der Waals surface area contributed by atoms with Gasteiger partial charge in [-0.05, 0) is 13.0 Å². The molecule has 0 aliphatic rings. The van der Waals surface area contributed by atoms with Crippen molar-refractivity contribution in [1.82, 2.24) is 4.90 Å². The molecule has 0 heterocycles. The van der Waals surface area contributed by atoms with Crippen LogP contribution in [0.1, 0.15) is 26.7 Å². The molecule has 0 rings (SSSR count). The first kappa shape index (κ1) is 15.9. The molecule has 98 valence electrons. The predicted molar refractivity (Wildman–Crippen MR) is 69.3 cm³/mol. The number of nitrogens with zero attached hydrogens (tertiary/aromatic N) is 1. The molecule has 0 saturated heterocycles. The molecule has 0 aromatic carbocycles. The van der Waals surface area contributed by atoms with Crippen molar-refractivity contribution in [2.24, 2.45) is 11.7 Å². The molecule has 0 aliphatic carbocycles. The van der Waals surface area contributed by atoms with Crippen LogP contribution >= 0.6 is 0 Å². The van der Waals surface area contributed by atoms with Gasteiger partial charge in [0.2, 0.25) is 0 Å². The third-order valence-corrected chi connectivity index (χ3v) is 4.14. The molecule has 16 heavy (non-hydrogen) atoms. The third-order valence-electron chi connectivity index (χ3n) is 3.22. The van der Waals surface area contributed by atoms with Crippen molar-refractivity contribution < 1.29 is 8.42 Å². The summed E-state index contributed by atoms with van der Waals surface area (Å²) in [7, 11) is -0.923. The number of hydrogen-bond donors (Lipinski definition) is 1. The number of sulfone groups is 1. The molecule has 1 atom stereocenters. The van der Waals surface area contributed by atoms with Gasteiger partial charge in [0.15, 0.2) is 0 Å². The lowest BCUT2D eigenvalue weighted by atomic mass is 9.93. The van der Waals surface area contributed by atoms with E-state index in [-0.39, 0.29) is 11.8 Å². The van der Waals surface area contributed by atoms with Gasteiger partial charge in [0.1, 0.15) is 9.84 Å². The van der Waals surface area contributed by atoms with E-state index in [0.717, 1.165) is 12.8 Å². The van der Waals surface area contributed by atoms with Crippen LogP contribution in [0.2, 0.25) is 0 Å². The minimum Gasteiger partial charge on any atom is -0.329 e. The predicted octanol–water partition coefficient (Wildman–Crippen LogP) is 0.726. The summed E-state index contributed by atoms with van der Waals surface area (Å²) >= 11 is 0. The lowest BCUT2D eigenvalue weighted by Gasteiger charge is -2.32.